The maximum atomic E-state index is 11.4. The number of carbonyl (C=O) groups excluding carboxylic acids is 1. The monoisotopic (exact) mass is 242 g/mol. The zero-order valence-electron chi connectivity index (χ0n) is 9.72. The predicted octanol–water partition coefficient (Wildman–Crippen LogP) is 1.70. The van der Waals surface area contributed by atoms with Gasteiger partial charge >= 0.3 is 11.9 Å². The fourth-order valence-electron chi connectivity index (χ4n) is 2.48. The summed E-state index contributed by atoms with van der Waals surface area (Å²) in [6.07, 6.45) is 6.22. The molecule has 1 fully saturated rings. The fraction of sp³-hybridized carbons (Fsp3) is 0.750. The fourth-order valence-corrected chi connectivity index (χ4v) is 2.48. The Hall–Kier alpha value is -1.39. The number of ketones is 1. The van der Waals surface area contributed by atoms with Gasteiger partial charge in [0.25, 0.3) is 5.78 Å². The molecule has 1 aliphatic carbocycles. The van der Waals surface area contributed by atoms with Crippen LogP contribution in [-0.2, 0) is 14.4 Å². The van der Waals surface area contributed by atoms with E-state index in [2.05, 4.69) is 0 Å². The SMILES string of the molecule is O=C(O)C(=O)C(C(=O)O)C1CCCCCCC1. The Labute approximate surface area is 99.8 Å². The van der Waals surface area contributed by atoms with Crippen molar-refractivity contribution in [2.75, 3.05) is 0 Å². The molecule has 1 unspecified atom stereocenters. The summed E-state index contributed by atoms with van der Waals surface area (Å²) in [5.74, 6) is -5.81. The molecule has 0 spiro atoms. The van der Waals surface area contributed by atoms with Crippen LogP contribution in [0.1, 0.15) is 44.9 Å². The van der Waals surface area contributed by atoms with Gasteiger partial charge in [0.1, 0.15) is 5.92 Å². The third-order valence-electron chi connectivity index (χ3n) is 3.38. The minimum absolute atomic E-state index is 0.323. The Morgan fingerprint density at radius 1 is 0.882 bits per heavy atom. The molecular formula is C12H18O5. The lowest BCUT2D eigenvalue weighted by Crippen LogP contribution is -2.36. The number of rotatable bonds is 4. The maximum Gasteiger partial charge on any atom is 0.373 e. The number of aliphatic carboxylic acids is 2. The van der Waals surface area contributed by atoms with Crippen molar-refractivity contribution in [3.63, 3.8) is 0 Å². The molecule has 0 aromatic heterocycles. The average molecular weight is 242 g/mol. The Bertz CT molecular complexity index is 302. The van der Waals surface area contributed by atoms with Gasteiger partial charge in [-0.1, -0.05) is 32.1 Å². The Kier molecular flexibility index (Phi) is 5.12. The standard InChI is InChI=1S/C12H18O5/c13-10(12(16)17)9(11(14)15)8-6-4-2-1-3-5-7-8/h8-9H,1-7H2,(H,14,15)(H,16,17). The molecule has 96 valence electrons. The van der Waals surface area contributed by atoms with Crippen molar-refractivity contribution in [1.29, 1.82) is 0 Å². The molecule has 5 heteroatoms. The number of Topliss-reactive ketones (excluding diaryl/α,β-unsaturated/α-hetero) is 1. The van der Waals surface area contributed by atoms with Crippen LogP contribution in [0.3, 0.4) is 0 Å². The molecule has 0 aromatic carbocycles. The predicted molar refractivity (Wildman–Crippen MR) is 59.6 cm³/mol. The molecule has 5 nitrogen and oxygen atoms in total. The minimum Gasteiger partial charge on any atom is -0.481 e. The third kappa shape index (κ3) is 3.84. The van der Waals surface area contributed by atoms with Crippen molar-refractivity contribution in [3.05, 3.63) is 0 Å². The van der Waals surface area contributed by atoms with Crippen molar-refractivity contribution < 1.29 is 24.6 Å². The summed E-state index contributed by atoms with van der Waals surface area (Å²) in [6, 6.07) is 0. The minimum atomic E-state index is -1.64. The Balaban J connectivity index is 2.77. The highest BCUT2D eigenvalue weighted by atomic mass is 16.4. The number of carboxylic acids is 2. The number of carbonyl (C=O) groups is 3. The maximum absolute atomic E-state index is 11.4. The first-order chi connectivity index (χ1) is 8.04. The van der Waals surface area contributed by atoms with Crippen LogP contribution < -0.4 is 0 Å². The molecule has 0 aromatic rings. The Morgan fingerprint density at radius 2 is 1.35 bits per heavy atom. The van der Waals surface area contributed by atoms with Crippen molar-refractivity contribution in [2.24, 2.45) is 11.8 Å². The van der Waals surface area contributed by atoms with E-state index < -0.39 is 23.6 Å². The van der Waals surface area contributed by atoms with E-state index in [1.807, 2.05) is 0 Å². The van der Waals surface area contributed by atoms with Crippen LogP contribution in [-0.4, -0.2) is 27.9 Å². The van der Waals surface area contributed by atoms with E-state index in [-0.39, 0.29) is 5.92 Å². The highest BCUT2D eigenvalue weighted by molar-refractivity contribution is 6.37. The van der Waals surface area contributed by atoms with Crippen LogP contribution >= 0.6 is 0 Å². The van der Waals surface area contributed by atoms with Gasteiger partial charge in [0.2, 0.25) is 0 Å². The summed E-state index contributed by atoms with van der Waals surface area (Å²) in [7, 11) is 0. The number of hydrogen-bond donors (Lipinski definition) is 2. The van der Waals surface area contributed by atoms with Crippen LogP contribution in [0.5, 0.6) is 0 Å². The van der Waals surface area contributed by atoms with E-state index in [0.717, 1.165) is 32.1 Å². The second-order valence-electron chi connectivity index (χ2n) is 4.59. The summed E-state index contributed by atoms with van der Waals surface area (Å²) in [5.41, 5.74) is 0. The van der Waals surface area contributed by atoms with E-state index in [0.29, 0.717) is 12.8 Å². The van der Waals surface area contributed by atoms with Crippen LogP contribution in [0, 0.1) is 11.8 Å². The zero-order valence-corrected chi connectivity index (χ0v) is 9.72. The van der Waals surface area contributed by atoms with E-state index >= 15 is 0 Å². The summed E-state index contributed by atoms with van der Waals surface area (Å²) < 4.78 is 0. The van der Waals surface area contributed by atoms with Gasteiger partial charge < -0.3 is 10.2 Å². The van der Waals surface area contributed by atoms with Gasteiger partial charge in [-0.25, -0.2) is 4.79 Å². The van der Waals surface area contributed by atoms with Crippen LogP contribution in [0.25, 0.3) is 0 Å². The molecular weight excluding hydrogens is 224 g/mol. The van der Waals surface area contributed by atoms with Crippen molar-refractivity contribution in [2.45, 2.75) is 44.9 Å². The lowest BCUT2D eigenvalue weighted by Gasteiger charge is -2.23. The van der Waals surface area contributed by atoms with Crippen molar-refractivity contribution >= 4 is 17.7 Å². The Morgan fingerprint density at radius 3 is 1.76 bits per heavy atom. The molecule has 1 saturated carbocycles. The molecule has 0 saturated heterocycles. The first-order valence-corrected chi connectivity index (χ1v) is 6.04. The summed E-state index contributed by atoms with van der Waals surface area (Å²) >= 11 is 0. The van der Waals surface area contributed by atoms with Gasteiger partial charge in [-0.2, -0.15) is 0 Å². The quantitative estimate of drug-likeness (QED) is 0.578. The second kappa shape index (κ2) is 6.37. The normalized spacial score (nSPS) is 20.0. The van der Waals surface area contributed by atoms with Gasteiger partial charge in [0, 0.05) is 0 Å². The molecule has 17 heavy (non-hydrogen) atoms. The molecule has 1 rings (SSSR count). The summed E-state index contributed by atoms with van der Waals surface area (Å²) in [5, 5.41) is 17.7. The molecule has 0 amide bonds. The smallest absolute Gasteiger partial charge is 0.373 e. The number of carboxylic acid groups (broad SMARTS) is 2. The van der Waals surface area contributed by atoms with E-state index in [9.17, 15) is 14.4 Å². The van der Waals surface area contributed by atoms with Gasteiger partial charge in [0.05, 0.1) is 0 Å². The second-order valence-corrected chi connectivity index (χ2v) is 4.59. The van der Waals surface area contributed by atoms with Crippen LogP contribution in [0.15, 0.2) is 0 Å². The first kappa shape index (κ1) is 13.7. The van der Waals surface area contributed by atoms with Crippen LogP contribution in [0.2, 0.25) is 0 Å². The molecule has 0 radical (unpaired) electrons. The molecule has 0 heterocycles. The van der Waals surface area contributed by atoms with E-state index in [4.69, 9.17) is 10.2 Å². The molecule has 1 atom stereocenters. The molecule has 1 aliphatic rings. The van der Waals surface area contributed by atoms with Gasteiger partial charge in [0.15, 0.2) is 0 Å². The molecule has 0 bridgehead atoms. The molecule has 2 N–H and O–H groups in total. The lowest BCUT2D eigenvalue weighted by atomic mass is 9.79. The van der Waals surface area contributed by atoms with Crippen molar-refractivity contribution in [3.8, 4) is 0 Å². The van der Waals surface area contributed by atoms with Gasteiger partial charge in [-0.05, 0) is 18.8 Å². The molecule has 0 aliphatic heterocycles. The first-order valence-electron chi connectivity index (χ1n) is 6.04. The highest BCUT2D eigenvalue weighted by Crippen LogP contribution is 2.29. The average Bonchev–Trinajstić information content (AvgIpc) is 2.20. The topological polar surface area (TPSA) is 91.7 Å². The van der Waals surface area contributed by atoms with Gasteiger partial charge in [-0.3, -0.25) is 9.59 Å². The van der Waals surface area contributed by atoms with Crippen molar-refractivity contribution in [1.82, 2.24) is 0 Å². The third-order valence-corrected chi connectivity index (χ3v) is 3.38. The van der Waals surface area contributed by atoms with E-state index in [1.54, 1.807) is 0 Å². The summed E-state index contributed by atoms with van der Waals surface area (Å²) in [6.45, 7) is 0. The van der Waals surface area contributed by atoms with Gasteiger partial charge in [-0.15, -0.1) is 0 Å². The summed E-state index contributed by atoms with van der Waals surface area (Å²) in [4.78, 5) is 33.1. The highest BCUT2D eigenvalue weighted by Gasteiger charge is 2.37. The lowest BCUT2D eigenvalue weighted by molar-refractivity contribution is -0.159. The largest absolute Gasteiger partial charge is 0.481 e. The number of hydrogen-bond acceptors (Lipinski definition) is 3. The van der Waals surface area contributed by atoms with E-state index in [1.165, 1.54) is 0 Å². The zero-order chi connectivity index (χ0) is 12.8. The van der Waals surface area contributed by atoms with Crippen LogP contribution in [0.4, 0.5) is 0 Å².